The van der Waals surface area contributed by atoms with Crippen LogP contribution in [0.1, 0.15) is 6.42 Å². The van der Waals surface area contributed by atoms with Gasteiger partial charge < -0.3 is 5.73 Å². The number of hydroxylamine groups is 1. The summed E-state index contributed by atoms with van der Waals surface area (Å²) in [5.74, 6) is 0. The van der Waals surface area contributed by atoms with Gasteiger partial charge in [0.1, 0.15) is 5.66 Å². The van der Waals surface area contributed by atoms with Gasteiger partial charge in [-0.05, 0) is 6.08 Å². The van der Waals surface area contributed by atoms with Crippen molar-refractivity contribution in [3.63, 3.8) is 0 Å². The smallest absolute Gasteiger partial charge is 0.308 e. The summed E-state index contributed by atoms with van der Waals surface area (Å²) in [6, 6.07) is 0. The lowest BCUT2D eigenvalue weighted by molar-refractivity contribution is 0.108. The van der Waals surface area contributed by atoms with E-state index in [1.807, 2.05) is 5.48 Å². The zero-order valence-corrected chi connectivity index (χ0v) is 7.49. The maximum absolute atomic E-state index is 10.2. The molecule has 0 aromatic heterocycles. The van der Waals surface area contributed by atoms with E-state index in [9.17, 15) is 8.42 Å². The van der Waals surface area contributed by atoms with Crippen LogP contribution >= 0.6 is 0 Å². The fourth-order valence-corrected chi connectivity index (χ4v) is 1.10. The van der Waals surface area contributed by atoms with Crippen molar-refractivity contribution in [2.45, 2.75) is 12.1 Å². The molecule has 1 rings (SSSR count). The monoisotopic (exact) mass is 206 g/mol. The number of hydrogen-bond donors (Lipinski definition) is 3. The number of hydrogen-bond acceptors (Lipinski definition) is 5. The second kappa shape index (κ2) is 3.56. The minimum atomic E-state index is -4.51. The van der Waals surface area contributed by atoms with Crippen molar-refractivity contribution >= 4 is 10.4 Å². The lowest BCUT2D eigenvalue weighted by atomic mass is 10.0. The predicted octanol–water partition coefficient (Wildman–Crippen LogP) is -0.518. The van der Waals surface area contributed by atoms with Crippen LogP contribution in [0.5, 0.6) is 0 Å². The van der Waals surface area contributed by atoms with E-state index in [0.717, 1.165) is 0 Å². The highest BCUT2D eigenvalue weighted by molar-refractivity contribution is 7.80. The molecule has 0 aromatic rings. The van der Waals surface area contributed by atoms with Crippen LogP contribution in [0.25, 0.3) is 0 Å². The summed E-state index contributed by atoms with van der Waals surface area (Å²) in [6.45, 7) is 0. The molecule has 0 bridgehead atoms. The molecular weight excluding hydrogens is 196 g/mol. The molecule has 13 heavy (non-hydrogen) atoms. The summed E-state index contributed by atoms with van der Waals surface area (Å²) in [5, 5.41) is 0. The molecule has 0 aliphatic heterocycles. The van der Waals surface area contributed by atoms with Gasteiger partial charge in [-0.1, -0.05) is 18.2 Å². The van der Waals surface area contributed by atoms with Crippen LogP contribution in [0.2, 0.25) is 0 Å². The van der Waals surface area contributed by atoms with Crippen molar-refractivity contribution in [3.05, 3.63) is 24.3 Å². The van der Waals surface area contributed by atoms with E-state index in [0.29, 0.717) is 6.42 Å². The molecule has 4 N–H and O–H groups in total. The normalized spacial score (nSPS) is 27.8. The molecule has 1 aliphatic carbocycles. The van der Waals surface area contributed by atoms with Gasteiger partial charge in [0.05, 0.1) is 0 Å². The quantitative estimate of drug-likeness (QED) is 0.326. The molecule has 74 valence electrons. The van der Waals surface area contributed by atoms with Crippen LogP contribution in [-0.2, 0) is 14.7 Å². The highest BCUT2D eigenvalue weighted by Gasteiger charge is 2.23. The van der Waals surface area contributed by atoms with Gasteiger partial charge >= 0.3 is 10.4 Å². The van der Waals surface area contributed by atoms with Gasteiger partial charge in [-0.2, -0.15) is 18.2 Å². The average Bonchev–Trinajstić information content (AvgIpc) is 2.02. The zero-order valence-electron chi connectivity index (χ0n) is 6.67. The van der Waals surface area contributed by atoms with E-state index in [1.165, 1.54) is 6.08 Å². The van der Waals surface area contributed by atoms with Gasteiger partial charge in [0, 0.05) is 6.42 Å². The largest absolute Gasteiger partial charge is 0.413 e. The van der Waals surface area contributed by atoms with E-state index >= 15 is 0 Å². The Kier molecular flexibility index (Phi) is 2.84. The standard InChI is InChI=1S/C6H10N2O4S/c7-6(4-2-1-3-5-6)8-12-13(9,10)11/h1-4,8H,5,7H2,(H,9,10,11)/t6-/m0/s1. The Morgan fingerprint density at radius 3 is 2.69 bits per heavy atom. The molecular formula is C6H10N2O4S. The van der Waals surface area contributed by atoms with Crippen molar-refractivity contribution in [1.82, 2.24) is 5.48 Å². The molecule has 7 heteroatoms. The lowest BCUT2D eigenvalue weighted by Gasteiger charge is -2.25. The van der Waals surface area contributed by atoms with Gasteiger partial charge in [-0.25, -0.2) is 0 Å². The third-order valence-corrected chi connectivity index (χ3v) is 1.73. The van der Waals surface area contributed by atoms with Crippen molar-refractivity contribution in [2.75, 3.05) is 0 Å². The molecule has 0 saturated carbocycles. The Bertz CT molecular complexity index is 335. The Balaban J connectivity index is 2.54. The zero-order chi connectivity index (χ0) is 9.95. The number of allylic oxidation sites excluding steroid dienone is 2. The SMILES string of the molecule is N[C@]1(NOS(=O)(=O)O)C=CC=CC1. The van der Waals surface area contributed by atoms with E-state index < -0.39 is 16.1 Å². The fraction of sp³-hybridized carbons (Fsp3) is 0.333. The maximum Gasteiger partial charge on any atom is 0.413 e. The summed E-state index contributed by atoms with van der Waals surface area (Å²) in [7, 11) is -4.51. The van der Waals surface area contributed by atoms with Crippen LogP contribution in [0.4, 0.5) is 0 Å². The van der Waals surface area contributed by atoms with Crippen molar-refractivity contribution in [2.24, 2.45) is 5.73 Å². The van der Waals surface area contributed by atoms with Gasteiger partial charge in [0.15, 0.2) is 0 Å². The van der Waals surface area contributed by atoms with Crippen molar-refractivity contribution in [3.8, 4) is 0 Å². The van der Waals surface area contributed by atoms with Gasteiger partial charge in [-0.3, -0.25) is 4.55 Å². The molecule has 6 nitrogen and oxygen atoms in total. The van der Waals surface area contributed by atoms with Gasteiger partial charge in [0.2, 0.25) is 0 Å². The second-order valence-corrected chi connectivity index (χ2v) is 3.67. The van der Waals surface area contributed by atoms with Crippen molar-refractivity contribution < 1.29 is 17.3 Å². The predicted molar refractivity (Wildman–Crippen MR) is 45.6 cm³/mol. The van der Waals surface area contributed by atoms with E-state index in [-0.39, 0.29) is 0 Å². The number of rotatable bonds is 3. The first-order chi connectivity index (χ1) is 5.91. The molecule has 1 atom stereocenters. The molecule has 0 unspecified atom stereocenters. The molecule has 0 saturated heterocycles. The fourth-order valence-electron chi connectivity index (χ4n) is 0.843. The third-order valence-electron chi connectivity index (χ3n) is 1.43. The minimum absolute atomic E-state index is 0.374. The Morgan fingerprint density at radius 2 is 2.23 bits per heavy atom. The first-order valence-electron chi connectivity index (χ1n) is 3.48. The van der Waals surface area contributed by atoms with Crippen LogP contribution in [0.3, 0.4) is 0 Å². The molecule has 0 amide bonds. The summed E-state index contributed by atoms with van der Waals surface area (Å²) in [4.78, 5) is 0. The number of nitrogens with one attached hydrogen (secondary N) is 1. The first-order valence-corrected chi connectivity index (χ1v) is 4.84. The highest BCUT2D eigenvalue weighted by atomic mass is 32.3. The summed E-state index contributed by atoms with van der Waals surface area (Å²) >= 11 is 0. The summed E-state index contributed by atoms with van der Waals surface area (Å²) < 4.78 is 32.6. The molecule has 0 spiro atoms. The second-order valence-electron chi connectivity index (χ2n) is 2.64. The average molecular weight is 206 g/mol. The topological polar surface area (TPSA) is 102 Å². The van der Waals surface area contributed by atoms with Crippen LogP contribution in [0, 0.1) is 0 Å². The van der Waals surface area contributed by atoms with E-state index in [2.05, 4.69) is 4.28 Å². The van der Waals surface area contributed by atoms with Crippen LogP contribution in [0.15, 0.2) is 24.3 Å². The third kappa shape index (κ3) is 3.66. The van der Waals surface area contributed by atoms with Crippen molar-refractivity contribution in [1.29, 1.82) is 0 Å². The molecule has 1 aliphatic rings. The minimum Gasteiger partial charge on any atom is -0.308 e. The van der Waals surface area contributed by atoms with Crippen LogP contribution in [-0.4, -0.2) is 18.6 Å². The molecule has 0 aromatic carbocycles. The van der Waals surface area contributed by atoms with Gasteiger partial charge in [0.25, 0.3) is 0 Å². The lowest BCUT2D eigenvalue weighted by Crippen LogP contribution is -2.52. The van der Waals surface area contributed by atoms with Crippen LogP contribution < -0.4 is 11.2 Å². The number of nitrogens with two attached hydrogens (primary N) is 1. The summed E-state index contributed by atoms with van der Waals surface area (Å²) in [5.41, 5.74) is 6.56. The van der Waals surface area contributed by atoms with Gasteiger partial charge in [-0.15, -0.1) is 0 Å². The Labute approximate surface area is 76.0 Å². The molecule has 0 fully saturated rings. The maximum atomic E-state index is 10.2. The molecule has 0 heterocycles. The van der Waals surface area contributed by atoms with E-state index in [1.54, 1.807) is 18.2 Å². The Hall–Kier alpha value is -0.730. The Morgan fingerprint density at radius 1 is 1.54 bits per heavy atom. The molecule has 0 radical (unpaired) electrons. The highest BCUT2D eigenvalue weighted by Crippen LogP contribution is 2.11. The summed E-state index contributed by atoms with van der Waals surface area (Å²) in [6.07, 6.45) is 7.04. The first kappa shape index (κ1) is 10.4. The van der Waals surface area contributed by atoms with E-state index in [4.69, 9.17) is 10.3 Å².